The summed E-state index contributed by atoms with van der Waals surface area (Å²) in [7, 11) is 1.94. The maximum Gasteiger partial charge on any atom is 0.222 e. The van der Waals surface area contributed by atoms with E-state index in [2.05, 4.69) is 4.98 Å². The molecule has 0 radical (unpaired) electrons. The summed E-state index contributed by atoms with van der Waals surface area (Å²) < 4.78 is 7.91. The van der Waals surface area contributed by atoms with E-state index >= 15 is 0 Å². The van der Waals surface area contributed by atoms with E-state index < -0.39 is 0 Å². The molecule has 1 aliphatic carbocycles. The van der Waals surface area contributed by atoms with E-state index in [-0.39, 0.29) is 5.91 Å². The summed E-state index contributed by atoms with van der Waals surface area (Å²) >= 11 is 0. The van der Waals surface area contributed by atoms with Crippen molar-refractivity contribution in [2.24, 2.45) is 0 Å². The molecule has 1 fully saturated rings. The van der Waals surface area contributed by atoms with E-state index in [1.807, 2.05) is 65.0 Å². The second-order valence-corrected chi connectivity index (χ2v) is 7.73. The van der Waals surface area contributed by atoms with Crippen LogP contribution in [-0.2, 0) is 11.3 Å². The van der Waals surface area contributed by atoms with Crippen molar-refractivity contribution >= 4 is 22.9 Å². The van der Waals surface area contributed by atoms with Crippen LogP contribution in [0, 0.1) is 0 Å². The zero-order valence-corrected chi connectivity index (χ0v) is 16.9. The number of amides is 1. The molecule has 0 spiro atoms. The molecule has 29 heavy (non-hydrogen) atoms. The lowest BCUT2D eigenvalue weighted by Crippen LogP contribution is -2.35. The number of aromatic nitrogens is 2. The fraction of sp³-hybridized carbons (Fsp3) is 0.391. The van der Waals surface area contributed by atoms with Gasteiger partial charge in [-0.3, -0.25) is 4.79 Å². The average Bonchev–Trinajstić information content (AvgIpc) is 3.37. The Balaban J connectivity index is 1.43. The van der Waals surface area contributed by atoms with Crippen LogP contribution in [0.5, 0.6) is 11.5 Å². The van der Waals surface area contributed by atoms with Crippen LogP contribution in [0.1, 0.15) is 38.5 Å². The van der Waals surface area contributed by atoms with Gasteiger partial charge in [-0.25, -0.2) is 4.98 Å². The van der Waals surface area contributed by atoms with Crippen molar-refractivity contribution in [3.63, 3.8) is 0 Å². The molecule has 6 heteroatoms. The Hall–Kier alpha value is -3.02. The Bertz CT molecular complexity index is 977. The third kappa shape index (κ3) is 4.36. The zero-order valence-electron chi connectivity index (χ0n) is 16.9. The number of benzene rings is 2. The van der Waals surface area contributed by atoms with Gasteiger partial charge in [0.15, 0.2) is 0 Å². The van der Waals surface area contributed by atoms with E-state index in [1.54, 1.807) is 0 Å². The summed E-state index contributed by atoms with van der Waals surface area (Å²) in [5, 5.41) is 0. The Morgan fingerprint density at radius 1 is 1.17 bits per heavy atom. The van der Waals surface area contributed by atoms with Crippen LogP contribution >= 0.6 is 0 Å². The predicted molar refractivity (Wildman–Crippen MR) is 115 cm³/mol. The van der Waals surface area contributed by atoms with Crippen LogP contribution in [-0.4, -0.2) is 33.4 Å². The molecule has 1 amide bonds. The highest BCUT2D eigenvalue weighted by atomic mass is 16.5. The number of para-hydroxylation sites is 1. The van der Waals surface area contributed by atoms with Gasteiger partial charge in [-0.15, -0.1) is 0 Å². The molecular weight excluding hydrogens is 364 g/mol. The first-order chi connectivity index (χ1) is 14.1. The largest absolute Gasteiger partial charge is 0.457 e. The summed E-state index contributed by atoms with van der Waals surface area (Å²) in [5.41, 5.74) is 7.90. The lowest BCUT2D eigenvalue weighted by Gasteiger charge is -2.24. The normalized spacial score (nSPS) is 14.4. The van der Waals surface area contributed by atoms with E-state index in [4.69, 9.17) is 10.5 Å². The molecule has 4 rings (SSSR count). The number of fused-ring (bicyclic) bond motifs is 1. The van der Waals surface area contributed by atoms with Crippen molar-refractivity contribution in [2.75, 3.05) is 12.8 Å². The Morgan fingerprint density at radius 3 is 2.69 bits per heavy atom. The Labute approximate surface area is 171 Å². The lowest BCUT2D eigenvalue weighted by molar-refractivity contribution is -0.132. The molecule has 6 nitrogen and oxygen atoms in total. The molecule has 2 N–H and O–H groups in total. The minimum Gasteiger partial charge on any atom is -0.457 e. The van der Waals surface area contributed by atoms with Gasteiger partial charge in [0, 0.05) is 32.1 Å². The van der Waals surface area contributed by atoms with Crippen LogP contribution in [0.3, 0.4) is 0 Å². The van der Waals surface area contributed by atoms with Crippen LogP contribution in [0.2, 0.25) is 0 Å². The number of aryl methyl sites for hydroxylation is 1. The van der Waals surface area contributed by atoms with Crippen molar-refractivity contribution in [1.82, 2.24) is 14.5 Å². The lowest BCUT2D eigenvalue weighted by atomic mass is 10.2. The van der Waals surface area contributed by atoms with Gasteiger partial charge in [-0.05, 0) is 43.5 Å². The second-order valence-electron chi connectivity index (χ2n) is 7.73. The van der Waals surface area contributed by atoms with Crippen molar-refractivity contribution < 1.29 is 9.53 Å². The van der Waals surface area contributed by atoms with E-state index in [9.17, 15) is 4.79 Å². The standard InChI is InChI=1S/C23H28N4O2/c1-26(17-8-5-6-9-17)22(28)12-7-15-27-21-16-19(13-14-20(21)25-23(27)24)29-18-10-3-2-4-11-18/h2-4,10-11,13-14,16-17H,5-9,12,15H2,1H3,(H2,24,25). The highest BCUT2D eigenvalue weighted by molar-refractivity contribution is 5.80. The SMILES string of the molecule is CN(C(=O)CCCn1c(N)nc2ccc(Oc3ccccc3)cc21)C1CCCC1. The molecule has 1 aromatic heterocycles. The zero-order chi connectivity index (χ0) is 20.2. The van der Waals surface area contributed by atoms with Gasteiger partial charge in [-0.1, -0.05) is 31.0 Å². The van der Waals surface area contributed by atoms with Gasteiger partial charge in [0.05, 0.1) is 11.0 Å². The summed E-state index contributed by atoms with van der Waals surface area (Å²) in [6, 6.07) is 15.9. The average molecular weight is 393 g/mol. The first kappa shape index (κ1) is 19.3. The van der Waals surface area contributed by atoms with Crippen molar-refractivity contribution in [2.45, 2.75) is 51.1 Å². The maximum absolute atomic E-state index is 12.5. The first-order valence-electron chi connectivity index (χ1n) is 10.4. The molecule has 3 aromatic rings. The van der Waals surface area contributed by atoms with E-state index in [0.29, 0.717) is 25.0 Å². The molecule has 0 saturated heterocycles. The third-order valence-electron chi connectivity index (χ3n) is 5.77. The third-order valence-corrected chi connectivity index (χ3v) is 5.77. The predicted octanol–water partition coefficient (Wildman–Crippen LogP) is 4.59. The fourth-order valence-corrected chi connectivity index (χ4v) is 4.10. The van der Waals surface area contributed by atoms with Gasteiger partial charge < -0.3 is 19.9 Å². The summed E-state index contributed by atoms with van der Waals surface area (Å²) in [6.45, 7) is 0.654. The number of hydrogen-bond acceptors (Lipinski definition) is 4. The monoisotopic (exact) mass is 392 g/mol. The molecule has 0 bridgehead atoms. The number of imidazole rings is 1. The molecule has 152 valence electrons. The number of carbonyl (C=O) groups is 1. The quantitative estimate of drug-likeness (QED) is 0.638. The van der Waals surface area contributed by atoms with Crippen molar-refractivity contribution in [3.05, 3.63) is 48.5 Å². The number of ether oxygens (including phenoxy) is 1. The second kappa shape index (κ2) is 8.55. The van der Waals surface area contributed by atoms with E-state index in [1.165, 1.54) is 12.8 Å². The minimum absolute atomic E-state index is 0.216. The summed E-state index contributed by atoms with van der Waals surface area (Å²) in [4.78, 5) is 18.9. The maximum atomic E-state index is 12.5. The first-order valence-corrected chi connectivity index (χ1v) is 10.4. The van der Waals surface area contributed by atoms with Crippen molar-refractivity contribution in [1.29, 1.82) is 0 Å². The molecule has 1 aliphatic rings. The summed E-state index contributed by atoms with van der Waals surface area (Å²) in [6.07, 6.45) is 5.97. The number of carbonyl (C=O) groups excluding carboxylic acids is 1. The molecule has 1 heterocycles. The number of nitrogens with two attached hydrogens (primary N) is 1. The number of nitrogen functional groups attached to an aromatic ring is 1. The van der Waals surface area contributed by atoms with Gasteiger partial charge in [0.1, 0.15) is 11.5 Å². The highest BCUT2D eigenvalue weighted by Crippen LogP contribution is 2.27. The molecule has 2 aromatic carbocycles. The molecule has 0 aliphatic heterocycles. The fourth-order valence-electron chi connectivity index (χ4n) is 4.10. The van der Waals surface area contributed by atoms with Gasteiger partial charge in [-0.2, -0.15) is 0 Å². The highest BCUT2D eigenvalue weighted by Gasteiger charge is 2.23. The Kier molecular flexibility index (Phi) is 5.69. The van der Waals surface area contributed by atoms with E-state index in [0.717, 1.165) is 41.8 Å². The van der Waals surface area contributed by atoms with Crippen LogP contribution in [0.4, 0.5) is 5.95 Å². The Morgan fingerprint density at radius 2 is 1.93 bits per heavy atom. The number of anilines is 1. The summed E-state index contributed by atoms with van der Waals surface area (Å²) in [5.74, 6) is 2.20. The minimum atomic E-state index is 0.216. The smallest absolute Gasteiger partial charge is 0.222 e. The molecular formula is C23H28N4O2. The van der Waals surface area contributed by atoms with Gasteiger partial charge in [0.25, 0.3) is 0 Å². The van der Waals surface area contributed by atoms with Gasteiger partial charge in [0.2, 0.25) is 11.9 Å². The molecule has 1 saturated carbocycles. The van der Waals surface area contributed by atoms with Gasteiger partial charge >= 0.3 is 0 Å². The van der Waals surface area contributed by atoms with Crippen LogP contribution in [0.15, 0.2) is 48.5 Å². The topological polar surface area (TPSA) is 73.4 Å². The molecule has 0 atom stereocenters. The molecule has 0 unspecified atom stereocenters. The number of rotatable bonds is 7. The van der Waals surface area contributed by atoms with Crippen LogP contribution < -0.4 is 10.5 Å². The number of hydrogen-bond donors (Lipinski definition) is 1. The number of nitrogens with zero attached hydrogens (tertiary/aromatic N) is 3. The van der Waals surface area contributed by atoms with Crippen molar-refractivity contribution in [3.8, 4) is 11.5 Å². The van der Waals surface area contributed by atoms with Crippen LogP contribution in [0.25, 0.3) is 11.0 Å².